The molecule has 0 spiro atoms. The maximum absolute atomic E-state index is 5.22. The summed E-state index contributed by atoms with van der Waals surface area (Å²) in [6, 6.07) is 14.6. The topological polar surface area (TPSA) is 33.6 Å². The fraction of sp³-hybridized carbons (Fsp3) is 0.143. The molecule has 3 nitrogen and oxygen atoms in total. The first-order valence-electron chi connectivity index (χ1n) is 6.10. The van der Waals surface area contributed by atoms with Crippen LogP contribution >= 0.6 is 23.6 Å². The molecule has 0 saturated carbocycles. The first-order valence-corrected chi connectivity index (χ1v) is 7.33. The smallest absolute Gasteiger partial charge is 0.195 e. The van der Waals surface area contributed by atoms with E-state index in [1.165, 1.54) is 10.4 Å². The Morgan fingerprint density at radius 2 is 1.89 bits per heavy atom. The van der Waals surface area contributed by atoms with E-state index >= 15 is 0 Å². The van der Waals surface area contributed by atoms with E-state index in [0.717, 1.165) is 17.2 Å². The largest absolute Gasteiger partial charge is 0.300 e. The van der Waals surface area contributed by atoms with Gasteiger partial charge in [0.15, 0.2) is 10.6 Å². The number of nitrogens with zero attached hydrogens (tertiary/aromatic N) is 2. The van der Waals surface area contributed by atoms with Crippen LogP contribution in [-0.2, 0) is 6.54 Å². The van der Waals surface area contributed by atoms with Crippen molar-refractivity contribution < 1.29 is 0 Å². The van der Waals surface area contributed by atoms with Crippen LogP contribution in [-0.4, -0.2) is 14.8 Å². The third-order valence-electron chi connectivity index (χ3n) is 2.96. The second kappa shape index (κ2) is 5.11. The van der Waals surface area contributed by atoms with Crippen molar-refractivity contribution in [3.8, 4) is 21.1 Å². The summed E-state index contributed by atoms with van der Waals surface area (Å²) in [6.07, 6.45) is 0. The number of hydrogen-bond acceptors (Lipinski definition) is 3. The van der Waals surface area contributed by atoms with Crippen molar-refractivity contribution in [1.82, 2.24) is 14.8 Å². The Morgan fingerprint density at radius 3 is 2.63 bits per heavy atom. The van der Waals surface area contributed by atoms with E-state index in [1.54, 1.807) is 11.3 Å². The van der Waals surface area contributed by atoms with Crippen molar-refractivity contribution in [3.05, 3.63) is 47.2 Å². The second-order valence-electron chi connectivity index (χ2n) is 4.13. The molecule has 0 aliphatic heterocycles. The van der Waals surface area contributed by atoms with E-state index in [1.807, 2.05) is 10.6 Å². The molecule has 0 saturated heterocycles. The first kappa shape index (κ1) is 12.3. The molecule has 96 valence electrons. The molecular weight excluding hydrogens is 274 g/mol. The van der Waals surface area contributed by atoms with Gasteiger partial charge in [-0.15, -0.1) is 11.3 Å². The molecule has 0 bridgehead atoms. The van der Waals surface area contributed by atoms with Crippen LogP contribution in [0.5, 0.6) is 0 Å². The summed E-state index contributed by atoms with van der Waals surface area (Å²) in [5.41, 5.74) is 1.23. The Bertz CT molecular complexity index is 737. The summed E-state index contributed by atoms with van der Waals surface area (Å²) in [7, 11) is 0. The predicted molar refractivity (Wildman–Crippen MR) is 81.8 cm³/mol. The molecule has 0 atom stereocenters. The van der Waals surface area contributed by atoms with Crippen molar-refractivity contribution >= 4 is 23.6 Å². The fourth-order valence-electron chi connectivity index (χ4n) is 2.01. The third kappa shape index (κ3) is 2.27. The zero-order valence-corrected chi connectivity index (χ0v) is 12.1. The maximum Gasteiger partial charge on any atom is 0.195 e. The lowest BCUT2D eigenvalue weighted by Gasteiger charge is -2.00. The molecule has 1 N–H and O–H groups in total. The quantitative estimate of drug-likeness (QED) is 0.726. The van der Waals surface area contributed by atoms with Crippen molar-refractivity contribution in [3.63, 3.8) is 0 Å². The molecular formula is C14H13N3S2. The van der Waals surface area contributed by atoms with Gasteiger partial charge in [-0.05, 0) is 36.8 Å². The SMILES string of the molecule is CCn1c(-c2ccc(-c3ccccc3)s2)n[nH]c1=S. The average molecular weight is 287 g/mol. The van der Waals surface area contributed by atoms with Gasteiger partial charge in [0.2, 0.25) is 0 Å². The van der Waals surface area contributed by atoms with Gasteiger partial charge in [-0.3, -0.25) is 9.67 Å². The molecule has 0 radical (unpaired) electrons. The molecule has 2 aromatic heterocycles. The molecule has 3 aromatic rings. The number of rotatable bonds is 3. The first-order chi connectivity index (χ1) is 9.29. The minimum absolute atomic E-state index is 0.673. The second-order valence-corrected chi connectivity index (χ2v) is 5.60. The van der Waals surface area contributed by atoms with Gasteiger partial charge in [0.05, 0.1) is 4.88 Å². The summed E-state index contributed by atoms with van der Waals surface area (Å²) < 4.78 is 2.68. The third-order valence-corrected chi connectivity index (χ3v) is 4.40. The van der Waals surface area contributed by atoms with Gasteiger partial charge >= 0.3 is 0 Å². The van der Waals surface area contributed by atoms with E-state index in [0.29, 0.717) is 4.77 Å². The van der Waals surface area contributed by atoms with E-state index < -0.39 is 0 Å². The van der Waals surface area contributed by atoms with Crippen LogP contribution in [0.2, 0.25) is 0 Å². The zero-order valence-electron chi connectivity index (χ0n) is 10.5. The van der Waals surface area contributed by atoms with Gasteiger partial charge < -0.3 is 0 Å². The van der Waals surface area contributed by atoms with Gasteiger partial charge in [-0.25, -0.2) is 0 Å². The van der Waals surface area contributed by atoms with E-state index in [4.69, 9.17) is 12.2 Å². The Labute approximate surface area is 120 Å². The fourth-order valence-corrected chi connectivity index (χ4v) is 3.29. The number of hydrogen-bond donors (Lipinski definition) is 1. The van der Waals surface area contributed by atoms with Gasteiger partial charge in [0, 0.05) is 11.4 Å². The molecule has 0 aliphatic carbocycles. The Kier molecular flexibility index (Phi) is 3.31. The van der Waals surface area contributed by atoms with Crippen LogP contribution in [0.3, 0.4) is 0 Å². The average Bonchev–Trinajstić information content (AvgIpc) is 3.06. The molecule has 0 unspecified atom stereocenters. The molecule has 3 rings (SSSR count). The summed E-state index contributed by atoms with van der Waals surface area (Å²) in [5, 5.41) is 7.18. The molecule has 2 heterocycles. The summed E-state index contributed by atoms with van der Waals surface area (Å²) in [4.78, 5) is 2.38. The maximum atomic E-state index is 5.22. The van der Waals surface area contributed by atoms with Crippen LogP contribution in [0, 0.1) is 4.77 Å². The lowest BCUT2D eigenvalue weighted by molar-refractivity contribution is 0.757. The van der Waals surface area contributed by atoms with E-state index in [2.05, 4.69) is 53.5 Å². The number of aromatic nitrogens is 3. The molecule has 0 fully saturated rings. The highest BCUT2D eigenvalue weighted by Gasteiger charge is 2.10. The lowest BCUT2D eigenvalue weighted by atomic mass is 10.2. The van der Waals surface area contributed by atoms with E-state index in [-0.39, 0.29) is 0 Å². The Hall–Kier alpha value is -1.72. The van der Waals surface area contributed by atoms with Gasteiger partial charge in [-0.1, -0.05) is 30.3 Å². The summed E-state index contributed by atoms with van der Waals surface area (Å²) in [6.45, 7) is 2.89. The number of nitrogens with one attached hydrogen (secondary N) is 1. The van der Waals surface area contributed by atoms with E-state index in [9.17, 15) is 0 Å². The zero-order chi connectivity index (χ0) is 13.2. The molecule has 5 heteroatoms. The summed E-state index contributed by atoms with van der Waals surface area (Å²) in [5.74, 6) is 0.916. The molecule has 0 aliphatic rings. The highest BCUT2D eigenvalue weighted by atomic mass is 32.1. The van der Waals surface area contributed by atoms with Crippen LogP contribution in [0.1, 0.15) is 6.92 Å². The predicted octanol–water partition coefficient (Wildman–Crippen LogP) is 4.36. The van der Waals surface area contributed by atoms with Crippen LogP contribution in [0.25, 0.3) is 21.1 Å². The Morgan fingerprint density at radius 1 is 1.16 bits per heavy atom. The van der Waals surface area contributed by atoms with Crippen LogP contribution in [0.4, 0.5) is 0 Å². The van der Waals surface area contributed by atoms with Crippen molar-refractivity contribution in [2.45, 2.75) is 13.5 Å². The number of H-pyrrole nitrogens is 1. The highest BCUT2D eigenvalue weighted by Crippen LogP contribution is 2.33. The van der Waals surface area contributed by atoms with Gasteiger partial charge in [0.1, 0.15) is 0 Å². The standard InChI is InChI=1S/C14H13N3S2/c1-2-17-13(15-16-14(17)18)12-9-8-11(19-12)10-6-4-3-5-7-10/h3-9H,2H2,1H3,(H,16,18). The minimum atomic E-state index is 0.673. The van der Waals surface area contributed by atoms with Crippen molar-refractivity contribution in [2.75, 3.05) is 0 Å². The monoisotopic (exact) mass is 287 g/mol. The molecule has 0 amide bonds. The molecule has 1 aromatic carbocycles. The summed E-state index contributed by atoms with van der Waals surface area (Å²) >= 11 is 6.95. The van der Waals surface area contributed by atoms with Crippen LogP contribution in [0.15, 0.2) is 42.5 Å². The van der Waals surface area contributed by atoms with Gasteiger partial charge in [0.25, 0.3) is 0 Å². The van der Waals surface area contributed by atoms with Gasteiger partial charge in [-0.2, -0.15) is 5.10 Å². The lowest BCUT2D eigenvalue weighted by Crippen LogP contribution is -1.95. The van der Waals surface area contributed by atoms with Crippen molar-refractivity contribution in [1.29, 1.82) is 0 Å². The minimum Gasteiger partial charge on any atom is -0.300 e. The van der Waals surface area contributed by atoms with Crippen molar-refractivity contribution in [2.24, 2.45) is 0 Å². The Balaban J connectivity index is 2.04. The normalized spacial score (nSPS) is 10.8. The number of thiophene rings is 1. The number of benzene rings is 1. The highest BCUT2D eigenvalue weighted by molar-refractivity contribution is 7.71. The van der Waals surface area contributed by atoms with Crippen LogP contribution < -0.4 is 0 Å². The number of aromatic amines is 1. The molecule has 19 heavy (non-hydrogen) atoms.